The summed E-state index contributed by atoms with van der Waals surface area (Å²) in [6.07, 6.45) is 1.67. The van der Waals surface area contributed by atoms with Gasteiger partial charge in [0.05, 0.1) is 16.6 Å². The Morgan fingerprint density at radius 1 is 1.05 bits per heavy atom. The van der Waals surface area contributed by atoms with Gasteiger partial charge in [0.25, 0.3) is 0 Å². The minimum Gasteiger partial charge on any atom is -0.399 e. The van der Waals surface area contributed by atoms with Crippen LogP contribution in [0.1, 0.15) is 5.56 Å². The van der Waals surface area contributed by atoms with Crippen LogP contribution in [0.5, 0.6) is 0 Å². The Kier molecular flexibility index (Phi) is 3.82. The van der Waals surface area contributed by atoms with Crippen molar-refractivity contribution in [3.05, 3.63) is 64.4 Å². The van der Waals surface area contributed by atoms with Crippen molar-refractivity contribution >= 4 is 28.9 Å². The molecule has 0 aliphatic heterocycles. The first-order valence-corrected chi connectivity index (χ1v) is 7.07. The van der Waals surface area contributed by atoms with Crippen LogP contribution in [0.15, 0.2) is 48.8 Å². The van der Waals surface area contributed by atoms with E-state index in [-0.39, 0.29) is 0 Å². The summed E-state index contributed by atoms with van der Waals surface area (Å²) >= 11 is 12.2. The van der Waals surface area contributed by atoms with E-state index in [1.54, 1.807) is 17.1 Å². The Hall–Kier alpha value is -2.04. The number of hydrogen-bond acceptors (Lipinski definition) is 3. The molecule has 0 saturated carbocycles. The lowest BCUT2D eigenvalue weighted by Gasteiger charge is -2.05. The normalized spacial score (nSPS) is 10.8. The lowest BCUT2D eigenvalue weighted by molar-refractivity contribution is 0.687. The highest BCUT2D eigenvalue weighted by Crippen LogP contribution is 2.26. The van der Waals surface area contributed by atoms with Crippen LogP contribution in [0, 0.1) is 0 Å². The summed E-state index contributed by atoms with van der Waals surface area (Å²) in [4.78, 5) is 4.30. The summed E-state index contributed by atoms with van der Waals surface area (Å²) in [5.41, 5.74) is 8.20. The van der Waals surface area contributed by atoms with Gasteiger partial charge in [-0.2, -0.15) is 5.10 Å². The first kappa shape index (κ1) is 13.9. The lowest BCUT2D eigenvalue weighted by atomic mass is 10.2. The van der Waals surface area contributed by atoms with Gasteiger partial charge < -0.3 is 5.73 Å². The highest BCUT2D eigenvalue weighted by atomic mass is 35.5. The zero-order chi connectivity index (χ0) is 14.8. The predicted octanol–water partition coefficient (Wildman–Crippen LogP) is 3.88. The molecule has 106 valence electrons. The van der Waals surface area contributed by atoms with Gasteiger partial charge in [0.1, 0.15) is 6.33 Å². The molecular weight excluding hydrogens is 307 g/mol. The van der Waals surface area contributed by atoms with E-state index >= 15 is 0 Å². The van der Waals surface area contributed by atoms with Crippen molar-refractivity contribution in [2.45, 2.75) is 6.54 Å². The smallest absolute Gasteiger partial charge is 0.181 e. The molecule has 3 rings (SSSR count). The van der Waals surface area contributed by atoms with Gasteiger partial charge in [0.15, 0.2) is 5.82 Å². The van der Waals surface area contributed by atoms with Gasteiger partial charge in [-0.3, -0.25) is 0 Å². The molecule has 0 amide bonds. The molecule has 0 fully saturated rings. The Morgan fingerprint density at radius 2 is 1.81 bits per heavy atom. The molecule has 2 N–H and O–H groups in total. The average molecular weight is 319 g/mol. The highest BCUT2D eigenvalue weighted by Gasteiger charge is 2.08. The van der Waals surface area contributed by atoms with E-state index in [1.807, 2.05) is 36.4 Å². The zero-order valence-corrected chi connectivity index (χ0v) is 12.5. The van der Waals surface area contributed by atoms with Crippen molar-refractivity contribution < 1.29 is 0 Å². The number of anilines is 1. The molecule has 0 spiro atoms. The van der Waals surface area contributed by atoms with E-state index in [2.05, 4.69) is 10.1 Å². The maximum Gasteiger partial charge on any atom is 0.181 e. The fraction of sp³-hybridized carbons (Fsp3) is 0.0667. The van der Waals surface area contributed by atoms with Crippen molar-refractivity contribution in [2.75, 3.05) is 5.73 Å². The molecule has 1 aromatic heterocycles. The van der Waals surface area contributed by atoms with Gasteiger partial charge in [-0.15, -0.1) is 0 Å². The molecule has 6 heteroatoms. The van der Waals surface area contributed by atoms with E-state index in [4.69, 9.17) is 28.9 Å². The predicted molar refractivity (Wildman–Crippen MR) is 85.4 cm³/mol. The number of rotatable bonds is 3. The SMILES string of the molecule is Nc1ccc(-c2ncn(Cc3cccc(Cl)c3Cl)n2)cc1. The van der Waals surface area contributed by atoms with Crippen molar-refractivity contribution in [1.82, 2.24) is 14.8 Å². The van der Waals surface area contributed by atoms with Crippen molar-refractivity contribution in [3.8, 4) is 11.4 Å². The summed E-state index contributed by atoms with van der Waals surface area (Å²) in [6, 6.07) is 13.0. The Labute approximate surface area is 132 Å². The molecule has 0 atom stereocenters. The molecule has 3 aromatic rings. The Morgan fingerprint density at radius 3 is 2.57 bits per heavy atom. The third-order valence-corrected chi connectivity index (χ3v) is 3.93. The highest BCUT2D eigenvalue weighted by molar-refractivity contribution is 6.42. The summed E-state index contributed by atoms with van der Waals surface area (Å²) in [6.45, 7) is 0.515. The summed E-state index contributed by atoms with van der Waals surface area (Å²) in [5.74, 6) is 0.646. The van der Waals surface area contributed by atoms with Crippen LogP contribution in [0.3, 0.4) is 0 Å². The second kappa shape index (κ2) is 5.76. The number of nitrogens with zero attached hydrogens (tertiary/aromatic N) is 3. The second-order valence-electron chi connectivity index (χ2n) is 4.60. The van der Waals surface area contributed by atoms with Gasteiger partial charge in [-0.05, 0) is 35.9 Å². The second-order valence-corrected chi connectivity index (χ2v) is 5.39. The minimum atomic E-state index is 0.515. The minimum absolute atomic E-state index is 0.515. The van der Waals surface area contributed by atoms with Gasteiger partial charge >= 0.3 is 0 Å². The van der Waals surface area contributed by atoms with Crippen LogP contribution in [0.25, 0.3) is 11.4 Å². The molecule has 4 nitrogen and oxygen atoms in total. The van der Waals surface area contributed by atoms with E-state index in [0.29, 0.717) is 28.1 Å². The lowest BCUT2D eigenvalue weighted by Crippen LogP contribution is -2.01. The summed E-state index contributed by atoms with van der Waals surface area (Å²) in [5, 5.41) is 5.52. The molecule has 21 heavy (non-hydrogen) atoms. The van der Waals surface area contributed by atoms with E-state index in [9.17, 15) is 0 Å². The summed E-state index contributed by atoms with van der Waals surface area (Å²) < 4.78 is 1.73. The fourth-order valence-electron chi connectivity index (χ4n) is 1.98. The number of nitrogens with two attached hydrogens (primary N) is 1. The standard InChI is InChI=1S/C15H12Cl2N4/c16-13-3-1-2-11(14(13)17)8-21-9-19-15(20-21)10-4-6-12(18)7-5-10/h1-7,9H,8,18H2. The Bertz CT molecular complexity index is 766. The molecule has 0 aliphatic carbocycles. The van der Waals surface area contributed by atoms with Crippen LogP contribution >= 0.6 is 23.2 Å². The van der Waals surface area contributed by atoms with E-state index in [1.165, 1.54) is 0 Å². The molecule has 0 bridgehead atoms. The van der Waals surface area contributed by atoms with Crippen LogP contribution in [-0.4, -0.2) is 14.8 Å². The third kappa shape index (κ3) is 3.01. The van der Waals surface area contributed by atoms with Crippen molar-refractivity contribution in [2.24, 2.45) is 0 Å². The Balaban J connectivity index is 1.85. The first-order chi connectivity index (χ1) is 10.1. The molecular formula is C15H12Cl2N4. The maximum atomic E-state index is 6.18. The van der Waals surface area contributed by atoms with E-state index < -0.39 is 0 Å². The monoisotopic (exact) mass is 318 g/mol. The van der Waals surface area contributed by atoms with Gasteiger partial charge in [-0.1, -0.05) is 35.3 Å². The molecule has 0 radical (unpaired) electrons. The van der Waals surface area contributed by atoms with Crippen molar-refractivity contribution in [1.29, 1.82) is 0 Å². The number of hydrogen-bond donors (Lipinski definition) is 1. The van der Waals surface area contributed by atoms with E-state index in [0.717, 1.165) is 11.1 Å². The molecule has 0 unspecified atom stereocenters. The molecule has 1 heterocycles. The maximum absolute atomic E-state index is 6.18. The molecule has 2 aromatic carbocycles. The number of halogens is 2. The number of nitrogen functional groups attached to an aromatic ring is 1. The number of aromatic nitrogens is 3. The van der Waals surface area contributed by atoms with Crippen molar-refractivity contribution in [3.63, 3.8) is 0 Å². The van der Waals surface area contributed by atoms with Crippen LogP contribution in [0.2, 0.25) is 10.0 Å². The first-order valence-electron chi connectivity index (χ1n) is 6.32. The van der Waals surface area contributed by atoms with Gasteiger partial charge in [0.2, 0.25) is 0 Å². The average Bonchev–Trinajstić information content (AvgIpc) is 2.93. The summed E-state index contributed by atoms with van der Waals surface area (Å²) in [7, 11) is 0. The van der Waals surface area contributed by atoms with Crippen LogP contribution < -0.4 is 5.73 Å². The quantitative estimate of drug-likeness (QED) is 0.745. The molecule has 0 saturated heterocycles. The van der Waals surface area contributed by atoms with Gasteiger partial charge in [0, 0.05) is 11.3 Å². The zero-order valence-electron chi connectivity index (χ0n) is 11.0. The number of benzene rings is 2. The fourth-order valence-corrected chi connectivity index (χ4v) is 2.36. The van der Waals surface area contributed by atoms with Gasteiger partial charge in [-0.25, -0.2) is 9.67 Å². The third-order valence-electron chi connectivity index (χ3n) is 3.07. The van der Waals surface area contributed by atoms with Crippen LogP contribution in [0.4, 0.5) is 5.69 Å². The molecule has 0 aliphatic rings. The van der Waals surface area contributed by atoms with Crippen LogP contribution in [-0.2, 0) is 6.54 Å². The largest absolute Gasteiger partial charge is 0.399 e. The topological polar surface area (TPSA) is 56.7 Å².